The summed E-state index contributed by atoms with van der Waals surface area (Å²) >= 11 is 0. The molecule has 0 atom stereocenters. The van der Waals surface area contributed by atoms with Crippen LogP contribution >= 0.6 is 0 Å². The van der Waals surface area contributed by atoms with Gasteiger partial charge in [-0.1, -0.05) is 0 Å². The van der Waals surface area contributed by atoms with E-state index in [4.69, 9.17) is 4.74 Å². The molecule has 1 aromatic rings. The molecule has 2 rings (SSSR count). The van der Waals surface area contributed by atoms with Crippen LogP contribution in [-0.4, -0.2) is 59.7 Å². The lowest BCUT2D eigenvalue weighted by Gasteiger charge is -2.31. The highest BCUT2D eigenvalue weighted by Gasteiger charge is 2.24. The molecule has 1 saturated heterocycles. The molecule has 8 heteroatoms. The van der Waals surface area contributed by atoms with Gasteiger partial charge in [-0.05, 0) is 19.8 Å². The number of carbonyl (C=O) groups is 2. The smallest absolute Gasteiger partial charge is 0.409 e. The lowest BCUT2D eigenvalue weighted by atomic mass is 10.1. The third-order valence-electron chi connectivity index (χ3n) is 3.49. The molecule has 0 spiro atoms. The summed E-state index contributed by atoms with van der Waals surface area (Å²) in [7, 11) is 1.71. The standard InChI is InChI=1S/C14H21N5O3/c1-3-22-14(21)19-6-4-11(5-7-19)18-12(20)10-8-16-13(15-2)17-9-10/h8-9,11H,3-7H2,1-2H3,(H,18,20)(H,15,16,17). The first-order valence-electron chi connectivity index (χ1n) is 7.36. The van der Waals surface area contributed by atoms with E-state index in [1.807, 2.05) is 0 Å². The number of amides is 2. The fraction of sp³-hybridized carbons (Fsp3) is 0.571. The fourth-order valence-corrected chi connectivity index (χ4v) is 2.26. The van der Waals surface area contributed by atoms with Gasteiger partial charge in [0, 0.05) is 38.6 Å². The maximum absolute atomic E-state index is 12.1. The number of rotatable bonds is 4. The highest BCUT2D eigenvalue weighted by Crippen LogP contribution is 2.12. The predicted molar refractivity (Wildman–Crippen MR) is 80.7 cm³/mol. The van der Waals surface area contributed by atoms with Crippen LogP contribution in [0.3, 0.4) is 0 Å². The second kappa shape index (κ2) is 7.58. The van der Waals surface area contributed by atoms with E-state index in [2.05, 4.69) is 20.6 Å². The van der Waals surface area contributed by atoms with Gasteiger partial charge < -0.3 is 20.3 Å². The molecule has 1 fully saturated rings. The van der Waals surface area contributed by atoms with Crippen LogP contribution in [0.5, 0.6) is 0 Å². The number of anilines is 1. The van der Waals surface area contributed by atoms with Crippen LogP contribution in [0.1, 0.15) is 30.1 Å². The van der Waals surface area contributed by atoms with Gasteiger partial charge in [0.25, 0.3) is 5.91 Å². The quantitative estimate of drug-likeness (QED) is 0.857. The molecule has 0 bridgehead atoms. The molecule has 2 heterocycles. The Kier molecular flexibility index (Phi) is 5.51. The van der Waals surface area contributed by atoms with Crippen LogP contribution in [0.15, 0.2) is 12.4 Å². The fourth-order valence-electron chi connectivity index (χ4n) is 2.26. The minimum atomic E-state index is -0.289. The molecule has 2 amide bonds. The maximum atomic E-state index is 12.1. The summed E-state index contributed by atoms with van der Waals surface area (Å²) in [6.45, 7) is 3.32. The zero-order valence-electron chi connectivity index (χ0n) is 12.8. The largest absolute Gasteiger partial charge is 0.450 e. The van der Waals surface area contributed by atoms with Crippen LogP contribution < -0.4 is 10.6 Å². The van der Waals surface area contributed by atoms with Gasteiger partial charge in [-0.2, -0.15) is 0 Å². The highest BCUT2D eigenvalue weighted by atomic mass is 16.6. The zero-order chi connectivity index (χ0) is 15.9. The molecule has 2 N–H and O–H groups in total. The maximum Gasteiger partial charge on any atom is 0.409 e. The summed E-state index contributed by atoms with van der Waals surface area (Å²) in [6, 6.07) is 0.0437. The molecule has 0 saturated carbocycles. The first kappa shape index (κ1) is 16.0. The molecule has 1 aliphatic rings. The minimum Gasteiger partial charge on any atom is -0.450 e. The van der Waals surface area contributed by atoms with Crippen LogP contribution in [0.25, 0.3) is 0 Å². The molecule has 22 heavy (non-hydrogen) atoms. The van der Waals surface area contributed by atoms with Gasteiger partial charge in [-0.15, -0.1) is 0 Å². The van der Waals surface area contributed by atoms with Crippen molar-refractivity contribution in [1.82, 2.24) is 20.2 Å². The number of ether oxygens (including phenoxy) is 1. The van der Waals surface area contributed by atoms with Gasteiger partial charge >= 0.3 is 6.09 Å². The van der Waals surface area contributed by atoms with Crippen molar-refractivity contribution in [2.24, 2.45) is 0 Å². The number of likely N-dealkylation sites (tertiary alicyclic amines) is 1. The molecule has 1 aliphatic heterocycles. The second-order valence-corrected chi connectivity index (χ2v) is 4.98. The summed E-state index contributed by atoms with van der Waals surface area (Å²) in [5.41, 5.74) is 0.423. The van der Waals surface area contributed by atoms with E-state index in [9.17, 15) is 9.59 Å². The summed E-state index contributed by atoms with van der Waals surface area (Å²) in [4.78, 5) is 33.4. The average molecular weight is 307 g/mol. The Bertz CT molecular complexity index is 512. The highest BCUT2D eigenvalue weighted by molar-refractivity contribution is 5.93. The summed E-state index contributed by atoms with van der Waals surface area (Å²) in [5.74, 6) is 0.275. The minimum absolute atomic E-state index is 0.0437. The molecule has 0 aliphatic carbocycles. The number of hydrogen-bond acceptors (Lipinski definition) is 6. The lowest BCUT2D eigenvalue weighted by Crippen LogP contribution is -2.46. The molecule has 1 aromatic heterocycles. The number of piperidine rings is 1. The van der Waals surface area contributed by atoms with E-state index in [1.54, 1.807) is 18.9 Å². The van der Waals surface area contributed by atoms with Gasteiger partial charge in [0.15, 0.2) is 0 Å². The zero-order valence-corrected chi connectivity index (χ0v) is 12.8. The molecular weight excluding hydrogens is 286 g/mol. The first-order valence-corrected chi connectivity index (χ1v) is 7.36. The summed E-state index contributed by atoms with van der Waals surface area (Å²) in [5, 5.41) is 5.74. The van der Waals surface area contributed by atoms with E-state index in [0.717, 1.165) is 0 Å². The van der Waals surface area contributed by atoms with Crippen molar-refractivity contribution < 1.29 is 14.3 Å². The van der Waals surface area contributed by atoms with Crippen LogP contribution in [0.2, 0.25) is 0 Å². The van der Waals surface area contributed by atoms with Gasteiger partial charge in [-0.25, -0.2) is 14.8 Å². The van der Waals surface area contributed by atoms with Gasteiger partial charge in [0.1, 0.15) is 0 Å². The van der Waals surface area contributed by atoms with Gasteiger partial charge in [0.2, 0.25) is 5.95 Å². The predicted octanol–water partition coefficient (Wildman–Crippen LogP) is 0.869. The number of nitrogens with one attached hydrogen (secondary N) is 2. The topological polar surface area (TPSA) is 96.5 Å². The van der Waals surface area contributed by atoms with Crippen molar-refractivity contribution in [3.63, 3.8) is 0 Å². The monoisotopic (exact) mass is 307 g/mol. The Morgan fingerprint density at radius 2 is 1.95 bits per heavy atom. The van der Waals surface area contributed by atoms with Crippen molar-refractivity contribution in [3.8, 4) is 0 Å². The normalized spacial score (nSPS) is 15.3. The Hall–Kier alpha value is -2.38. The number of carbonyl (C=O) groups excluding carboxylic acids is 2. The van der Waals surface area contributed by atoms with E-state index in [1.165, 1.54) is 12.4 Å². The SMILES string of the molecule is CCOC(=O)N1CCC(NC(=O)c2cnc(NC)nc2)CC1. The van der Waals surface area contributed by atoms with Crippen molar-refractivity contribution >= 4 is 17.9 Å². The van der Waals surface area contributed by atoms with Gasteiger partial charge in [-0.3, -0.25) is 4.79 Å². The third-order valence-corrected chi connectivity index (χ3v) is 3.49. The molecular formula is C14H21N5O3. The van der Waals surface area contributed by atoms with Crippen LogP contribution in [-0.2, 0) is 4.74 Å². The lowest BCUT2D eigenvalue weighted by molar-refractivity contribution is 0.0859. The number of nitrogens with zero attached hydrogens (tertiary/aromatic N) is 3. The van der Waals surface area contributed by atoms with Gasteiger partial charge in [0.05, 0.1) is 12.2 Å². The summed E-state index contributed by atoms with van der Waals surface area (Å²) < 4.78 is 4.97. The Balaban J connectivity index is 1.82. The molecule has 8 nitrogen and oxygen atoms in total. The second-order valence-electron chi connectivity index (χ2n) is 4.98. The average Bonchev–Trinajstić information content (AvgIpc) is 2.55. The first-order chi connectivity index (χ1) is 10.6. The van der Waals surface area contributed by atoms with Crippen molar-refractivity contribution in [3.05, 3.63) is 18.0 Å². The molecule has 120 valence electrons. The van der Waals surface area contributed by atoms with E-state index >= 15 is 0 Å². The van der Waals surface area contributed by atoms with Crippen molar-refractivity contribution in [2.75, 3.05) is 32.1 Å². The van der Waals surface area contributed by atoms with E-state index < -0.39 is 0 Å². The van der Waals surface area contributed by atoms with Crippen molar-refractivity contribution in [2.45, 2.75) is 25.8 Å². The Morgan fingerprint density at radius 1 is 1.32 bits per heavy atom. The Labute approximate surface area is 129 Å². The van der Waals surface area contributed by atoms with E-state index in [0.29, 0.717) is 44.0 Å². The summed E-state index contributed by atoms with van der Waals surface area (Å²) in [6.07, 6.45) is 4.10. The Morgan fingerprint density at radius 3 is 2.50 bits per heavy atom. The van der Waals surface area contributed by atoms with Crippen LogP contribution in [0.4, 0.5) is 10.7 Å². The van der Waals surface area contributed by atoms with E-state index in [-0.39, 0.29) is 18.0 Å². The molecule has 0 unspecified atom stereocenters. The number of hydrogen-bond donors (Lipinski definition) is 2. The molecule has 0 radical (unpaired) electrons. The third kappa shape index (κ3) is 4.06. The molecule has 0 aromatic carbocycles. The van der Waals surface area contributed by atoms with Crippen LogP contribution in [0, 0.1) is 0 Å². The number of aromatic nitrogens is 2. The van der Waals surface area contributed by atoms with Crippen molar-refractivity contribution in [1.29, 1.82) is 0 Å².